The Kier molecular flexibility index (Phi) is 4.88. The number of aliphatic hydroxyl groups is 2. The summed E-state index contributed by atoms with van der Waals surface area (Å²) in [4.78, 5) is 8.90. The van der Waals surface area contributed by atoms with Crippen molar-refractivity contribution in [2.45, 2.75) is 13.0 Å². The maximum Gasteiger partial charge on any atom is 0.138 e. The lowest BCUT2D eigenvalue weighted by Gasteiger charge is -2.14. The number of para-hydroxylation sites is 1. The number of hydrogen-bond donors (Lipinski definition) is 2. The van der Waals surface area contributed by atoms with Crippen LogP contribution in [0.1, 0.15) is 5.82 Å². The fourth-order valence-electron chi connectivity index (χ4n) is 2.37. The molecule has 0 saturated carbocycles. The van der Waals surface area contributed by atoms with Crippen LogP contribution >= 0.6 is 0 Å². The van der Waals surface area contributed by atoms with Crippen LogP contribution in [0.3, 0.4) is 0 Å². The predicted molar refractivity (Wildman–Crippen MR) is 90.1 cm³/mol. The largest absolute Gasteiger partial charge is 0.490 e. The number of imidazole rings is 1. The van der Waals surface area contributed by atoms with Crippen LogP contribution < -0.4 is 4.74 Å². The van der Waals surface area contributed by atoms with Gasteiger partial charge in [0.1, 0.15) is 30.1 Å². The van der Waals surface area contributed by atoms with Crippen LogP contribution in [0.5, 0.6) is 5.75 Å². The molecule has 2 N–H and O–H groups in total. The van der Waals surface area contributed by atoms with Crippen molar-refractivity contribution in [3.8, 4) is 22.8 Å². The molecule has 1 atom stereocenters. The lowest BCUT2D eigenvalue weighted by atomic mass is 10.1. The van der Waals surface area contributed by atoms with Gasteiger partial charge in [-0.25, -0.2) is 9.97 Å². The number of aromatic nitrogens is 3. The average molecular weight is 325 g/mol. The standard InChI is InChI=1S/C18H19N3O3/c1-13-19-9-10-21(13)18-8-4-6-16(20-18)15-5-2-3-7-17(15)24-12-14(23)11-22/h2-10,14,22-23H,11-12H2,1H3/t14-/m1/s1. The van der Waals surface area contributed by atoms with Crippen LogP contribution in [0.15, 0.2) is 54.9 Å². The average Bonchev–Trinajstić information content (AvgIpc) is 3.06. The minimum absolute atomic E-state index is 0.0217. The van der Waals surface area contributed by atoms with E-state index in [1.54, 1.807) is 6.20 Å². The Morgan fingerprint density at radius 3 is 2.75 bits per heavy atom. The van der Waals surface area contributed by atoms with Gasteiger partial charge in [0.05, 0.1) is 12.3 Å². The molecule has 2 aromatic heterocycles. The molecule has 0 radical (unpaired) electrons. The lowest BCUT2D eigenvalue weighted by molar-refractivity contribution is 0.0538. The third-order valence-corrected chi connectivity index (χ3v) is 3.61. The van der Waals surface area contributed by atoms with E-state index in [0.29, 0.717) is 5.75 Å². The van der Waals surface area contributed by atoms with Crippen molar-refractivity contribution < 1.29 is 14.9 Å². The second kappa shape index (κ2) is 7.25. The van der Waals surface area contributed by atoms with Gasteiger partial charge < -0.3 is 14.9 Å². The molecule has 6 heteroatoms. The van der Waals surface area contributed by atoms with E-state index in [2.05, 4.69) is 9.97 Å². The van der Waals surface area contributed by atoms with Gasteiger partial charge in [-0.1, -0.05) is 18.2 Å². The molecule has 3 rings (SSSR count). The van der Waals surface area contributed by atoms with Gasteiger partial charge in [0, 0.05) is 18.0 Å². The summed E-state index contributed by atoms with van der Waals surface area (Å²) in [5.74, 6) is 2.24. The van der Waals surface area contributed by atoms with Crippen molar-refractivity contribution in [2.75, 3.05) is 13.2 Å². The topological polar surface area (TPSA) is 80.4 Å². The number of pyridine rings is 1. The van der Waals surface area contributed by atoms with E-state index in [4.69, 9.17) is 9.84 Å². The Morgan fingerprint density at radius 1 is 1.17 bits per heavy atom. The molecule has 2 heterocycles. The molecule has 0 saturated heterocycles. The Balaban J connectivity index is 1.94. The Bertz CT molecular complexity index is 817. The summed E-state index contributed by atoms with van der Waals surface area (Å²) in [5.41, 5.74) is 1.58. The zero-order valence-corrected chi connectivity index (χ0v) is 13.3. The van der Waals surface area contributed by atoms with E-state index < -0.39 is 6.10 Å². The third kappa shape index (κ3) is 3.45. The summed E-state index contributed by atoms with van der Waals surface area (Å²) >= 11 is 0. The molecule has 0 fully saturated rings. The van der Waals surface area contributed by atoms with Gasteiger partial charge in [0.25, 0.3) is 0 Å². The number of aliphatic hydroxyl groups excluding tert-OH is 2. The zero-order chi connectivity index (χ0) is 16.9. The molecule has 0 bridgehead atoms. The van der Waals surface area contributed by atoms with E-state index >= 15 is 0 Å². The molecule has 0 spiro atoms. The number of hydrogen-bond acceptors (Lipinski definition) is 5. The minimum Gasteiger partial charge on any atom is -0.490 e. The van der Waals surface area contributed by atoms with Crippen LogP contribution in [0.4, 0.5) is 0 Å². The third-order valence-electron chi connectivity index (χ3n) is 3.61. The monoisotopic (exact) mass is 325 g/mol. The molecule has 24 heavy (non-hydrogen) atoms. The van der Waals surface area contributed by atoms with Crippen molar-refractivity contribution in [1.29, 1.82) is 0 Å². The normalized spacial score (nSPS) is 12.1. The summed E-state index contributed by atoms with van der Waals surface area (Å²) in [5, 5.41) is 18.4. The van der Waals surface area contributed by atoms with Crippen molar-refractivity contribution in [1.82, 2.24) is 14.5 Å². The predicted octanol–water partition coefficient (Wildman–Crippen LogP) is 1.97. The van der Waals surface area contributed by atoms with E-state index in [1.165, 1.54) is 0 Å². The lowest BCUT2D eigenvalue weighted by Crippen LogP contribution is -2.21. The van der Waals surface area contributed by atoms with Gasteiger partial charge in [-0.05, 0) is 31.2 Å². The van der Waals surface area contributed by atoms with Gasteiger partial charge in [-0.2, -0.15) is 0 Å². The summed E-state index contributed by atoms with van der Waals surface area (Å²) in [6, 6.07) is 13.2. The van der Waals surface area contributed by atoms with Gasteiger partial charge in [-0.3, -0.25) is 4.57 Å². The van der Waals surface area contributed by atoms with E-state index in [1.807, 2.05) is 60.2 Å². The van der Waals surface area contributed by atoms with Crippen LogP contribution in [0, 0.1) is 6.92 Å². The first kappa shape index (κ1) is 16.2. The number of ether oxygens (including phenoxy) is 1. The van der Waals surface area contributed by atoms with Crippen molar-refractivity contribution in [2.24, 2.45) is 0 Å². The highest BCUT2D eigenvalue weighted by Crippen LogP contribution is 2.29. The van der Waals surface area contributed by atoms with Gasteiger partial charge in [0.2, 0.25) is 0 Å². The number of benzene rings is 1. The van der Waals surface area contributed by atoms with Crippen molar-refractivity contribution in [3.05, 3.63) is 60.7 Å². The van der Waals surface area contributed by atoms with Crippen molar-refractivity contribution in [3.63, 3.8) is 0 Å². The highest BCUT2D eigenvalue weighted by molar-refractivity contribution is 5.67. The van der Waals surface area contributed by atoms with Gasteiger partial charge in [0.15, 0.2) is 0 Å². The summed E-state index contributed by atoms with van der Waals surface area (Å²) in [6.07, 6.45) is 2.68. The molecule has 6 nitrogen and oxygen atoms in total. The number of aryl methyl sites for hydroxylation is 1. The van der Waals surface area contributed by atoms with Crippen LogP contribution in [0.25, 0.3) is 17.1 Å². The van der Waals surface area contributed by atoms with E-state index in [9.17, 15) is 5.11 Å². The van der Waals surface area contributed by atoms with E-state index in [-0.39, 0.29) is 13.2 Å². The molecule has 0 aliphatic heterocycles. The summed E-state index contributed by atoms with van der Waals surface area (Å²) in [7, 11) is 0. The number of rotatable bonds is 6. The summed E-state index contributed by atoms with van der Waals surface area (Å²) in [6.45, 7) is 1.60. The second-order valence-electron chi connectivity index (χ2n) is 5.37. The maximum absolute atomic E-state index is 9.48. The first-order valence-electron chi connectivity index (χ1n) is 7.67. The van der Waals surface area contributed by atoms with Gasteiger partial charge in [-0.15, -0.1) is 0 Å². The van der Waals surface area contributed by atoms with Crippen molar-refractivity contribution >= 4 is 0 Å². The molecule has 124 valence electrons. The number of nitrogens with zero attached hydrogens (tertiary/aromatic N) is 3. The first-order valence-corrected chi connectivity index (χ1v) is 7.67. The molecule has 0 aliphatic rings. The molecule has 3 aromatic rings. The molecule has 1 aromatic carbocycles. The molecule has 0 aliphatic carbocycles. The van der Waals surface area contributed by atoms with Gasteiger partial charge >= 0.3 is 0 Å². The fraction of sp³-hybridized carbons (Fsp3) is 0.222. The minimum atomic E-state index is -0.911. The molecule has 0 amide bonds. The van der Waals surface area contributed by atoms with Crippen LogP contribution in [-0.2, 0) is 0 Å². The highest BCUT2D eigenvalue weighted by Gasteiger charge is 2.11. The molecular weight excluding hydrogens is 306 g/mol. The van der Waals surface area contributed by atoms with Crippen LogP contribution in [-0.4, -0.2) is 44.1 Å². The Labute approximate surface area is 140 Å². The Hall–Kier alpha value is -2.70. The smallest absolute Gasteiger partial charge is 0.138 e. The fourth-order valence-corrected chi connectivity index (χ4v) is 2.37. The molecular formula is C18H19N3O3. The SMILES string of the molecule is Cc1nccn1-c1cccc(-c2ccccc2OC[C@H](O)CO)n1. The highest BCUT2D eigenvalue weighted by atomic mass is 16.5. The quantitative estimate of drug-likeness (QED) is 0.724. The van der Waals surface area contributed by atoms with Crippen LogP contribution in [0.2, 0.25) is 0 Å². The maximum atomic E-state index is 9.48. The summed E-state index contributed by atoms with van der Waals surface area (Å²) < 4.78 is 7.53. The zero-order valence-electron chi connectivity index (χ0n) is 13.3. The second-order valence-corrected chi connectivity index (χ2v) is 5.37. The Morgan fingerprint density at radius 2 is 2.00 bits per heavy atom. The first-order chi connectivity index (χ1) is 11.7. The van der Waals surface area contributed by atoms with E-state index in [0.717, 1.165) is 22.9 Å². The molecule has 0 unspecified atom stereocenters.